The van der Waals surface area contributed by atoms with Gasteiger partial charge in [-0.3, -0.25) is 9.48 Å². The van der Waals surface area contributed by atoms with Crippen molar-refractivity contribution in [1.29, 1.82) is 0 Å². The SMILES string of the molecule is CC(C1CC1)n1cc(C=O)c(-c2ccc(F)cc2F)n1. The Hall–Kier alpha value is -2.04. The molecule has 1 heterocycles. The zero-order valence-corrected chi connectivity index (χ0v) is 11.0. The summed E-state index contributed by atoms with van der Waals surface area (Å²) in [6.07, 6.45) is 4.59. The summed E-state index contributed by atoms with van der Waals surface area (Å²) >= 11 is 0. The van der Waals surface area contributed by atoms with Gasteiger partial charge in [-0.2, -0.15) is 5.10 Å². The summed E-state index contributed by atoms with van der Waals surface area (Å²) in [5.41, 5.74) is 0.739. The highest BCUT2D eigenvalue weighted by molar-refractivity contribution is 5.85. The highest BCUT2D eigenvalue weighted by Crippen LogP contribution is 2.39. The number of aromatic nitrogens is 2. The van der Waals surface area contributed by atoms with Crippen molar-refractivity contribution in [2.24, 2.45) is 5.92 Å². The largest absolute Gasteiger partial charge is 0.298 e. The van der Waals surface area contributed by atoms with Gasteiger partial charge in [0.2, 0.25) is 0 Å². The summed E-state index contributed by atoms with van der Waals surface area (Å²) in [5, 5.41) is 4.33. The second-order valence-electron chi connectivity index (χ2n) is 5.23. The maximum atomic E-state index is 13.8. The normalized spacial score (nSPS) is 16.1. The van der Waals surface area contributed by atoms with Gasteiger partial charge in [0.25, 0.3) is 0 Å². The van der Waals surface area contributed by atoms with E-state index in [9.17, 15) is 13.6 Å². The van der Waals surface area contributed by atoms with Crippen LogP contribution in [0.2, 0.25) is 0 Å². The predicted octanol–water partition coefficient (Wildman–Crippen LogP) is 3.61. The molecule has 1 unspecified atom stereocenters. The molecular weight excluding hydrogens is 262 g/mol. The molecule has 104 valence electrons. The summed E-state index contributed by atoms with van der Waals surface area (Å²) in [4.78, 5) is 11.2. The molecule has 0 amide bonds. The topological polar surface area (TPSA) is 34.9 Å². The number of rotatable bonds is 4. The standard InChI is InChI=1S/C15H14F2N2O/c1-9(10-2-3-10)19-7-11(8-20)15(18-19)13-5-4-12(16)6-14(13)17/h4-10H,2-3H2,1H3. The minimum absolute atomic E-state index is 0.148. The van der Waals surface area contributed by atoms with Crippen LogP contribution in [0.3, 0.4) is 0 Å². The number of aldehydes is 1. The molecule has 1 aromatic heterocycles. The zero-order valence-electron chi connectivity index (χ0n) is 11.0. The Kier molecular flexibility index (Phi) is 3.12. The quantitative estimate of drug-likeness (QED) is 0.799. The molecule has 1 atom stereocenters. The average Bonchev–Trinajstić information content (AvgIpc) is 3.18. The summed E-state index contributed by atoms with van der Waals surface area (Å²) in [5.74, 6) is -0.789. The van der Waals surface area contributed by atoms with Crippen LogP contribution >= 0.6 is 0 Å². The molecule has 1 fully saturated rings. The zero-order chi connectivity index (χ0) is 14.3. The number of carbonyl (C=O) groups excluding carboxylic acids is 1. The van der Waals surface area contributed by atoms with Crippen molar-refractivity contribution in [3.05, 3.63) is 41.6 Å². The third-order valence-electron chi connectivity index (χ3n) is 3.79. The Balaban J connectivity index is 2.05. The lowest BCUT2D eigenvalue weighted by Gasteiger charge is -2.09. The second-order valence-corrected chi connectivity index (χ2v) is 5.23. The van der Waals surface area contributed by atoms with Crippen LogP contribution in [0.4, 0.5) is 8.78 Å². The smallest absolute Gasteiger partial charge is 0.153 e. The lowest BCUT2D eigenvalue weighted by Crippen LogP contribution is -2.07. The molecule has 3 nitrogen and oxygen atoms in total. The maximum absolute atomic E-state index is 13.8. The van der Waals surface area contributed by atoms with Crippen molar-refractivity contribution < 1.29 is 13.6 Å². The van der Waals surface area contributed by atoms with E-state index in [-0.39, 0.29) is 17.3 Å². The number of nitrogens with zero attached hydrogens (tertiary/aromatic N) is 2. The number of halogens is 2. The van der Waals surface area contributed by atoms with Crippen LogP contribution in [0.5, 0.6) is 0 Å². The molecule has 0 N–H and O–H groups in total. The second kappa shape index (κ2) is 4.81. The molecule has 1 aliphatic rings. The van der Waals surface area contributed by atoms with E-state index in [1.165, 1.54) is 6.07 Å². The van der Waals surface area contributed by atoms with Crippen molar-refractivity contribution in [3.8, 4) is 11.3 Å². The van der Waals surface area contributed by atoms with Crippen molar-refractivity contribution in [2.75, 3.05) is 0 Å². The minimum Gasteiger partial charge on any atom is -0.298 e. The summed E-state index contributed by atoms with van der Waals surface area (Å²) in [6.45, 7) is 2.03. The van der Waals surface area contributed by atoms with Crippen LogP contribution in [0.1, 0.15) is 36.2 Å². The Bertz CT molecular complexity index is 662. The molecule has 1 aromatic carbocycles. The van der Waals surface area contributed by atoms with E-state index >= 15 is 0 Å². The van der Waals surface area contributed by atoms with Crippen molar-refractivity contribution in [1.82, 2.24) is 9.78 Å². The van der Waals surface area contributed by atoms with Gasteiger partial charge < -0.3 is 0 Å². The molecule has 0 radical (unpaired) electrons. The first-order valence-corrected chi connectivity index (χ1v) is 6.60. The van der Waals surface area contributed by atoms with Gasteiger partial charge in [0.1, 0.15) is 17.3 Å². The molecule has 1 saturated carbocycles. The first kappa shape index (κ1) is 13.0. The predicted molar refractivity (Wildman–Crippen MR) is 70.4 cm³/mol. The monoisotopic (exact) mass is 276 g/mol. The summed E-state index contributed by atoms with van der Waals surface area (Å²) in [7, 11) is 0. The molecule has 0 aliphatic heterocycles. The minimum atomic E-state index is -0.711. The number of hydrogen-bond acceptors (Lipinski definition) is 2. The van der Waals surface area contributed by atoms with Crippen LogP contribution in [0.15, 0.2) is 24.4 Å². The lowest BCUT2D eigenvalue weighted by atomic mass is 10.1. The highest BCUT2D eigenvalue weighted by atomic mass is 19.1. The Morgan fingerprint density at radius 3 is 2.75 bits per heavy atom. The van der Waals surface area contributed by atoms with E-state index in [0.717, 1.165) is 25.0 Å². The summed E-state index contributed by atoms with van der Waals surface area (Å²) < 4.78 is 28.5. The van der Waals surface area contributed by atoms with Crippen molar-refractivity contribution in [3.63, 3.8) is 0 Å². The fourth-order valence-corrected chi connectivity index (χ4v) is 2.39. The molecule has 5 heteroatoms. The molecule has 0 bridgehead atoms. The number of carbonyl (C=O) groups is 1. The van der Waals surface area contributed by atoms with Gasteiger partial charge in [-0.05, 0) is 37.8 Å². The van der Waals surface area contributed by atoms with E-state index in [1.807, 2.05) is 6.92 Å². The van der Waals surface area contributed by atoms with E-state index in [0.29, 0.717) is 17.8 Å². The van der Waals surface area contributed by atoms with Crippen LogP contribution in [0.25, 0.3) is 11.3 Å². The van der Waals surface area contributed by atoms with Gasteiger partial charge >= 0.3 is 0 Å². The van der Waals surface area contributed by atoms with Gasteiger partial charge in [0, 0.05) is 17.8 Å². The highest BCUT2D eigenvalue weighted by Gasteiger charge is 2.30. The van der Waals surface area contributed by atoms with Crippen LogP contribution < -0.4 is 0 Å². The Labute approximate surface area is 115 Å². The summed E-state index contributed by atoms with van der Waals surface area (Å²) in [6, 6.07) is 3.46. The molecule has 1 aliphatic carbocycles. The van der Waals surface area contributed by atoms with E-state index in [2.05, 4.69) is 5.10 Å². The van der Waals surface area contributed by atoms with Crippen molar-refractivity contribution >= 4 is 6.29 Å². The third kappa shape index (κ3) is 2.24. The van der Waals surface area contributed by atoms with E-state index in [4.69, 9.17) is 0 Å². The molecule has 2 aromatic rings. The molecular formula is C15H14F2N2O. The fourth-order valence-electron chi connectivity index (χ4n) is 2.39. The number of benzene rings is 1. The Morgan fingerprint density at radius 1 is 1.40 bits per heavy atom. The van der Waals surface area contributed by atoms with Gasteiger partial charge in [-0.1, -0.05) is 0 Å². The van der Waals surface area contributed by atoms with Crippen LogP contribution in [-0.4, -0.2) is 16.1 Å². The fraction of sp³-hybridized carbons (Fsp3) is 0.333. The van der Waals surface area contributed by atoms with Crippen molar-refractivity contribution in [2.45, 2.75) is 25.8 Å². The number of hydrogen-bond donors (Lipinski definition) is 0. The van der Waals surface area contributed by atoms with Gasteiger partial charge in [0.05, 0.1) is 11.6 Å². The van der Waals surface area contributed by atoms with Gasteiger partial charge in [-0.25, -0.2) is 8.78 Å². The first-order chi connectivity index (χ1) is 9.60. The van der Waals surface area contributed by atoms with E-state index < -0.39 is 11.6 Å². The van der Waals surface area contributed by atoms with Gasteiger partial charge in [-0.15, -0.1) is 0 Å². The molecule has 0 saturated heterocycles. The van der Waals surface area contributed by atoms with Crippen LogP contribution in [-0.2, 0) is 0 Å². The average molecular weight is 276 g/mol. The molecule has 20 heavy (non-hydrogen) atoms. The molecule has 3 rings (SSSR count). The third-order valence-corrected chi connectivity index (χ3v) is 3.79. The lowest BCUT2D eigenvalue weighted by molar-refractivity contribution is 0.112. The van der Waals surface area contributed by atoms with Gasteiger partial charge in [0.15, 0.2) is 6.29 Å². The van der Waals surface area contributed by atoms with Crippen LogP contribution in [0, 0.1) is 17.6 Å². The maximum Gasteiger partial charge on any atom is 0.153 e. The van der Waals surface area contributed by atoms with E-state index in [1.54, 1.807) is 10.9 Å². The Morgan fingerprint density at radius 2 is 2.15 bits per heavy atom. The first-order valence-electron chi connectivity index (χ1n) is 6.60. The molecule has 0 spiro atoms.